The highest BCUT2D eigenvalue weighted by Crippen LogP contribution is 2.37. The maximum Gasteiger partial charge on any atom is 0.273 e. The first-order valence-corrected chi connectivity index (χ1v) is 10.8. The Labute approximate surface area is 199 Å². The highest BCUT2D eigenvalue weighted by molar-refractivity contribution is 6.34. The van der Waals surface area contributed by atoms with E-state index in [4.69, 9.17) is 17.4 Å². The molecular formula is C24H19ClN8O. The Morgan fingerprint density at radius 2 is 2.03 bits per heavy atom. The number of fused-ring (bicyclic) bond motifs is 2. The van der Waals surface area contributed by atoms with Crippen molar-refractivity contribution in [2.45, 2.75) is 19.9 Å². The number of carbonyl (C=O) groups is 1. The number of nitrogens with zero attached hydrogens (tertiary/aromatic N) is 7. The Balaban J connectivity index is 1.69. The topological polar surface area (TPSA) is 118 Å². The number of rotatable bonds is 4. The second-order valence-corrected chi connectivity index (χ2v) is 8.21. The summed E-state index contributed by atoms with van der Waals surface area (Å²) < 4.78 is 3.36. The lowest BCUT2D eigenvalue weighted by Crippen LogP contribution is -2.40. The summed E-state index contributed by atoms with van der Waals surface area (Å²) in [5, 5.41) is 15.3. The quantitative estimate of drug-likeness (QED) is 0.241. The average molecular weight is 471 g/mol. The number of hydrogen-bond acceptors (Lipinski definition) is 6. The standard InChI is InChI=1S/C24H19ClN8O/c1-14(33(27)24(34)18-13-29-31-10-6-9-28-23(18)31)17-11-19(25)22-20(12-26)30-15(2)32(22)21(17)16-7-4-3-5-8-16/h3-11,13-14H,27H2,1-2H3. The maximum atomic E-state index is 13.4. The van der Waals surface area contributed by atoms with Crippen LogP contribution in [0.15, 0.2) is 61.1 Å². The van der Waals surface area contributed by atoms with Gasteiger partial charge in [-0.1, -0.05) is 41.9 Å². The van der Waals surface area contributed by atoms with Crippen molar-refractivity contribution in [3.05, 3.63) is 88.7 Å². The number of benzene rings is 1. The molecule has 0 aliphatic carbocycles. The Morgan fingerprint density at radius 3 is 2.76 bits per heavy atom. The van der Waals surface area contributed by atoms with Crippen LogP contribution in [-0.2, 0) is 0 Å². The lowest BCUT2D eigenvalue weighted by Gasteiger charge is -2.27. The molecule has 0 saturated heterocycles. The van der Waals surface area contributed by atoms with Crippen LogP contribution in [0.4, 0.5) is 0 Å². The Kier molecular flexibility index (Phi) is 5.24. The summed E-state index contributed by atoms with van der Waals surface area (Å²) in [6, 6.07) is 14.6. The molecule has 0 spiro atoms. The predicted molar refractivity (Wildman–Crippen MR) is 127 cm³/mol. The van der Waals surface area contributed by atoms with Gasteiger partial charge >= 0.3 is 0 Å². The molecule has 4 aromatic heterocycles. The molecule has 0 aliphatic heterocycles. The molecule has 5 rings (SSSR count). The molecule has 10 heteroatoms. The molecule has 0 fully saturated rings. The minimum atomic E-state index is -0.587. The fourth-order valence-corrected chi connectivity index (χ4v) is 4.45. The van der Waals surface area contributed by atoms with E-state index in [1.54, 1.807) is 31.5 Å². The van der Waals surface area contributed by atoms with Gasteiger partial charge in [-0.15, -0.1) is 0 Å². The van der Waals surface area contributed by atoms with Crippen LogP contribution in [0.25, 0.3) is 22.4 Å². The molecule has 1 aromatic carbocycles. The van der Waals surface area contributed by atoms with Gasteiger partial charge in [-0.3, -0.25) is 14.2 Å². The highest BCUT2D eigenvalue weighted by atomic mass is 35.5. The van der Waals surface area contributed by atoms with Crippen molar-refractivity contribution in [3.63, 3.8) is 0 Å². The molecule has 1 atom stereocenters. The van der Waals surface area contributed by atoms with Crippen LogP contribution >= 0.6 is 11.6 Å². The molecule has 0 radical (unpaired) electrons. The van der Waals surface area contributed by atoms with Crippen molar-refractivity contribution >= 4 is 28.7 Å². The first-order valence-electron chi connectivity index (χ1n) is 10.5. The molecule has 0 aliphatic rings. The summed E-state index contributed by atoms with van der Waals surface area (Å²) in [5.74, 6) is 6.55. The van der Waals surface area contributed by atoms with Crippen LogP contribution in [0.2, 0.25) is 5.02 Å². The number of hydrogen-bond donors (Lipinski definition) is 1. The number of nitrogens with two attached hydrogens (primary N) is 1. The molecular weight excluding hydrogens is 452 g/mol. The van der Waals surface area contributed by atoms with Crippen molar-refractivity contribution in [1.82, 2.24) is 29.0 Å². The SMILES string of the molecule is Cc1nc(C#N)c2c(Cl)cc(C(C)N(N)C(=O)c3cnn4cccnc34)c(-c3ccccc3)n12. The largest absolute Gasteiger partial charge is 0.293 e. The Bertz CT molecular complexity index is 1600. The zero-order valence-electron chi connectivity index (χ0n) is 18.3. The van der Waals surface area contributed by atoms with Gasteiger partial charge in [0.15, 0.2) is 11.3 Å². The molecule has 1 amide bonds. The lowest BCUT2D eigenvalue weighted by atomic mass is 9.99. The molecule has 9 nitrogen and oxygen atoms in total. The summed E-state index contributed by atoms with van der Waals surface area (Å²) >= 11 is 6.65. The number of aromatic nitrogens is 5. The van der Waals surface area contributed by atoms with Crippen LogP contribution in [0.5, 0.6) is 0 Å². The van der Waals surface area contributed by atoms with E-state index in [9.17, 15) is 10.1 Å². The molecule has 0 saturated carbocycles. The number of carbonyl (C=O) groups excluding carboxylic acids is 1. The normalized spacial score (nSPS) is 12.1. The number of halogens is 1. The molecule has 5 aromatic rings. The molecule has 168 valence electrons. The lowest BCUT2D eigenvalue weighted by molar-refractivity contribution is 0.0692. The van der Waals surface area contributed by atoms with Gasteiger partial charge in [-0.25, -0.2) is 20.3 Å². The summed E-state index contributed by atoms with van der Waals surface area (Å²) in [6.45, 7) is 3.62. The first-order chi connectivity index (χ1) is 16.4. The number of amides is 1. The van der Waals surface area contributed by atoms with E-state index >= 15 is 0 Å². The van der Waals surface area contributed by atoms with E-state index in [1.807, 2.05) is 41.7 Å². The van der Waals surface area contributed by atoms with Gasteiger partial charge in [0.1, 0.15) is 23.0 Å². The summed E-state index contributed by atoms with van der Waals surface area (Å²) in [5.41, 5.74) is 3.77. The van der Waals surface area contributed by atoms with Gasteiger partial charge in [0.25, 0.3) is 5.91 Å². The summed E-state index contributed by atoms with van der Waals surface area (Å²) in [7, 11) is 0. The average Bonchev–Trinajstić information content (AvgIpc) is 3.44. The predicted octanol–water partition coefficient (Wildman–Crippen LogP) is 3.95. The minimum Gasteiger partial charge on any atom is -0.293 e. The van der Waals surface area contributed by atoms with E-state index in [2.05, 4.69) is 21.1 Å². The van der Waals surface area contributed by atoms with Crippen LogP contribution in [0.3, 0.4) is 0 Å². The van der Waals surface area contributed by atoms with Gasteiger partial charge in [-0.05, 0) is 31.5 Å². The van der Waals surface area contributed by atoms with Gasteiger partial charge in [0.05, 0.1) is 23.0 Å². The number of pyridine rings is 1. The third-order valence-electron chi connectivity index (χ3n) is 5.82. The highest BCUT2D eigenvalue weighted by Gasteiger charge is 2.28. The van der Waals surface area contributed by atoms with E-state index in [0.717, 1.165) is 16.3 Å². The second kappa shape index (κ2) is 8.26. The Morgan fingerprint density at radius 1 is 1.26 bits per heavy atom. The van der Waals surface area contributed by atoms with E-state index in [1.165, 1.54) is 10.7 Å². The second-order valence-electron chi connectivity index (χ2n) is 7.80. The van der Waals surface area contributed by atoms with Gasteiger partial charge in [0, 0.05) is 18.0 Å². The van der Waals surface area contributed by atoms with E-state index < -0.39 is 11.9 Å². The smallest absolute Gasteiger partial charge is 0.273 e. The van der Waals surface area contributed by atoms with Crippen molar-refractivity contribution in [2.24, 2.45) is 5.84 Å². The van der Waals surface area contributed by atoms with Crippen molar-refractivity contribution in [2.75, 3.05) is 0 Å². The van der Waals surface area contributed by atoms with Gasteiger partial charge in [-0.2, -0.15) is 10.4 Å². The molecule has 4 heterocycles. The first kappa shape index (κ1) is 21.6. The molecule has 2 N–H and O–H groups in total. The van der Waals surface area contributed by atoms with Crippen LogP contribution in [0, 0.1) is 18.3 Å². The minimum absolute atomic E-state index is 0.233. The fourth-order valence-electron chi connectivity index (χ4n) is 4.16. The van der Waals surface area contributed by atoms with E-state index in [-0.39, 0.29) is 11.3 Å². The van der Waals surface area contributed by atoms with Crippen LogP contribution in [-0.4, -0.2) is 34.9 Å². The molecule has 0 bridgehead atoms. The van der Waals surface area contributed by atoms with Crippen molar-refractivity contribution in [1.29, 1.82) is 5.26 Å². The van der Waals surface area contributed by atoms with Crippen molar-refractivity contribution in [3.8, 4) is 17.3 Å². The number of nitriles is 1. The third-order valence-corrected chi connectivity index (χ3v) is 6.10. The van der Waals surface area contributed by atoms with Crippen molar-refractivity contribution < 1.29 is 4.79 Å². The summed E-state index contributed by atoms with van der Waals surface area (Å²) in [6.07, 6.45) is 4.75. The summed E-state index contributed by atoms with van der Waals surface area (Å²) in [4.78, 5) is 22.0. The number of imidazole rings is 1. The van der Waals surface area contributed by atoms with Gasteiger partial charge < -0.3 is 0 Å². The third kappa shape index (κ3) is 3.28. The Hall–Kier alpha value is -4.26. The zero-order valence-corrected chi connectivity index (χ0v) is 19.1. The molecule has 34 heavy (non-hydrogen) atoms. The van der Waals surface area contributed by atoms with Gasteiger partial charge in [0.2, 0.25) is 0 Å². The van der Waals surface area contributed by atoms with E-state index in [0.29, 0.717) is 27.6 Å². The zero-order chi connectivity index (χ0) is 24.0. The van der Waals surface area contributed by atoms with Crippen LogP contribution in [0.1, 0.15) is 40.4 Å². The van der Waals surface area contributed by atoms with Crippen LogP contribution < -0.4 is 5.84 Å². The number of aryl methyl sites for hydroxylation is 1. The monoisotopic (exact) mass is 470 g/mol. The maximum absolute atomic E-state index is 13.4. The number of hydrazine groups is 1. The fraction of sp³-hybridized carbons (Fsp3) is 0.125. The molecule has 1 unspecified atom stereocenters.